The second kappa shape index (κ2) is 8.35. The number of amides is 1. The van der Waals surface area contributed by atoms with Gasteiger partial charge in [-0.2, -0.15) is 4.98 Å². The van der Waals surface area contributed by atoms with E-state index < -0.39 is 11.7 Å². The van der Waals surface area contributed by atoms with Gasteiger partial charge in [-0.3, -0.25) is 4.79 Å². The van der Waals surface area contributed by atoms with Crippen molar-refractivity contribution in [1.29, 1.82) is 0 Å². The largest absolute Gasteiger partial charge is 0.485 e. The Balaban J connectivity index is 1.52. The standard InChI is InChI=1S/C22H16FN3O3/c23-18-12-6-4-10-16(18)21(27)24-19-13-7-5-11-17(19)22-25-20(26-29-22)14-28-15-8-2-1-3-9-15/h1-13H,14H2,(H,24,27). The van der Waals surface area contributed by atoms with E-state index in [4.69, 9.17) is 9.26 Å². The molecule has 144 valence electrons. The average molecular weight is 389 g/mol. The van der Waals surface area contributed by atoms with E-state index in [1.807, 2.05) is 30.3 Å². The predicted molar refractivity (Wildman–Crippen MR) is 105 cm³/mol. The van der Waals surface area contributed by atoms with Crippen molar-refractivity contribution in [2.75, 3.05) is 5.32 Å². The van der Waals surface area contributed by atoms with Crippen LogP contribution in [0, 0.1) is 5.82 Å². The van der Waals surface area contributed by atoms with Crippen molar-refractivity contribution in [3.05, 3.63) is 96.1 Å². The van der Waals surface area contributed by atoms with E-state index in [-0.39, 0.29) is 18.1 Å². The first kappa shape index (κ1) is 18.4. The van der Waals surface area contributed by atoms with Crippen LogP contribution in [0.3, 0.4) is 0 Å². The number of benzene rings is 3. The fourth-order valence-electron chi connectivity index (χ4n) is 2.70. The second-order valence-electron chi connectivity index (χ2n) is 6.10. The first-order valence-electron chi connectivity index (χ1n) is 8.86. The Kier molecular flexibility index (Phi) is 5.29. The van der Waals surface area contributed by atoms with Crippen LogP contribution in [0.25, 0.3) is 11.5 Å². The van der Waals surface area contributed by atoms with Gasteiger partial charge in [-0.1, -0.05) is 47.6 Å². The fraction of sp³-hybridized carbons (Fsp3) is 0.0455. The third-order valence-electron chi connectivity index (χ3n) is 4.10. The molecule has 0 saturated carbocycles. The summed E-state index contributed by atoms with van der Waals surface area (Å²) in [5.41, 5.74) is 0.903. The molecule has 7 heteroatoms. The van der Waals surface area contributed by atoms with Gasteiger partial charge in [-0.05, 0) is 36.4 Å². The third-order valence-corrected chi connectivity index (χ3v) is 4.10. The van der Waals surface area contributed by atoms with E-state index in [1.54, 1.807) is 30.3 Å². The molecule has 1 N–H and O–H groups in total. The van der Waals surface area contributed by atoms with Gasteiger partial charge in [0.05, 0.1) is 16.8 Å². The molecule has 1 aromatic heterocycles. The van der Waals surface area contributed by atoms with Gasteiger partial charge in [0.15, 0.2) is 6.61 Å². The molecule has 4 rings (SSSR count). The number of carbonyl (C=O) groups excluding carboxylic acids is 1. The van der Waals surface area contributed by atoms with Crippen molar-refractivity contribution in [2.24, 2.45) is 0 Å². The minimum absolute atomic E-state index is 0.0511. The number of nitrogens with one attached hydrogen (secondary N) is 1. The average Bonchev–Trinajstić information content (AvgIpc) is 3.22. The van der Waals surface area contributed by atoms with Gasteiger partial charge >= 0.3 is 0 Å². The molecule has 0 bridgehead atoms. The minimum atomic E-state index is -0.597. The highest BCUT2D eigenvalue weighted by atomic mass is 19.1. The van der Waals surface area contributed by atoms with E-state index in [2.05, 4.69) is 15.5 Å². The van der Waals surface area contributed by atoms with Gasteiger partial charge in [-0.15, -0.1) is 0 Å². The Morgan fingerprint density at radius 2 is 1.69 bits per heavy atom. The zero-order valence-electron chi connectivity index (χ0n) is 15.2. The molecule has 0 aliphatic carbocycles. The monoisotopic (exact) mass is 389 g/mol. The molecule has 0 aliphatic rings. The van der Waals surface area contributed by atoms with Crippen LogP contribution in [-0.2, 0) is 6.61 Å². The summed E-state index contributed by atoms with van der Waals surface area (Å²) < 4.78 is 24.8. The Morgan fingerprint density at radius 3 is 2.52 bits per heavy atom. The number of carbonyl (C=O) groups is 1. The summed E-state index contributed by atoms with van der Waals surface area (Å²) in [5, 5.41) is 6.61. The second-order valence-corrected chi connectivity index (χ2v) is 6.10. The van der Waals surface area contributed by atoms with Gasteiger partial charge in [0.1, 0.15) is 11.6 Å². The van der Waals surface area contributed by atoms with Crippen molar-refractivity contribution in [3.63, 3.8) is 0 Å². The lowest BCUT2D eigenvalue weighted by Gasteiger charge is -2.09. The summed E-state index contributed by atoms with van der Waals surface area (Å²) in [7, 11) is 0. The quantitative estimate of drug-likeness (QED) is 0.517. The zero-order valence-corrected chi connectivity index (χ0v) is 15.2. The van der Waals surface area contributed by atoms with E-state index in [9.17, 15) is 9.18 Å². The maximum Gasteiger partial charge on any atom is 0.260 e. The van der Waals surface area contributed by atoms with Gasteiger partial charge < -0.3 is 14.6 Å². The summed E-state index contributed by atoms with van der Waals surface area (Å²) in [5.74, 6) is 0.111. The normalized spacial score (nSPS) is 10.5. The SMILES string of the molecule is O=C(Nc1ccccc1-c1nc(COc2ccccc2)no1)c1ccccc1F. The van der Waals surface area contributed by atoms with Gasteiger partial charge in [-0.25, -0.2) is 4.39 Å². The number of aromatic nitrogens is 2. The first-order chi connectivity index (χ1) is 14.2. The molecule has 4 aromatic rings. The molecular formula is C22H16FN3O3. The van der Waals surface area contributed by atoms with Crippen molar-refractivity contribution in [1.82, 2.24) is 10.1 Å². The van der Waals surface area contributed by atoms with E-state index in [0.29, 0.717) is 22.8 Å². The Hall–Kier alpha value is -4.00. The fourth-order valence-corrected chi connectivity index (χ4v) is 2.70. The Labute approximate surface area is 166 Å². The topological polar surface area (TPSA) is 77.2 Å². The number of halogens is 1. The summed E-state index contributed by atoms with van der Waals surface area (Å²) in [4.78, 5) is 16.8. The van der Waals surface area contributed by atoms with Crippen molar-refractivity contribution in [2.45, 2.75) is 6.61 Å². The number of hydrogen-bond acceptors (Lipinski definition) is 5. The number of hydrogen-bond donors (Lipinski definition) is 1. The molecule has 1 heterocycles. The summed E-state index contributed by atoms with van der Waals surface area (Å²) in [6.45, 7) is 0.136. The van der Waals surface area contributed by atoms with Crippen LogP contribution in [0.2, 0.25) is 0 Å². The number of rotatable bonds is 6. The zero-order chi connectivity index (χ0) is 20.1. The molecule has 0 unspecified atom stereocenters. The van der Waals surface area contributed by atoms with E-state index in [0.717, 1.165) is 0 Å². The molecular weight excluding hydrogens is 373 g/mol. The van der Waals surface area contributed by atoms with Gasteiger partial charge in [0.25, 0.3) is 11.8 Å². The lowest BCUT2D eigenvalue weighted by molar-refractivity contribution is 0.102. The molecule has 0 aliphatic heterocycles. The van der Waals surface area contributed by atoms with Gasteiger partial charge in [0.2, 0.25) is 5.82 Å². The minimum Gasteiger partial charge on any atom is -0.485 e. The van der Waals surface area contributed by atoms with Crippen molar-refractivity contribution < 1.29 is 18.4 Å². The Morgan fingerprint density at radius 1 is 0.966 bits per heavy atom. The maximum atomic E-state index is 13.9. The highest BCUT2D eigenvalue weighted by Gasteiger charge is 2.17. The summed E-state index contributed by atoms with van der Waals surface area (Å²) in [6.07, 6.45) is 0. The lowest BCUT2D eigenvalue weighted by atomic mass is 10.1. The molecule has 3 aromatic carbocycles. The van der Waals surface area contributed by atoms with Crippen LogP contribution in [0.4, 0.5) is 10.1 Å². The van der Waals surface area contributed by atoms with Crippen LogP contribution >= 0.6 is 0 Å². The summed E-state index contributed by atoms with van der Waals surface area (Å²) in [6, 6.07) is 22.0. The predicted octanol–water partition coefficient (Wildman–Crippen LogP) is 4.71. The van der Waals surface area contributed by atoms with Crippen LogP contribution in [0.15, 0.2) is 83.4 Å². The van der Waals surface area contributed by atoms with Crippen molar-refractivity contribution in [3.8, 4) is 17.2 Å². The van der Waals surface area contributed by atoms with E-state index >= 15 is 0 Å². The lowest BCUT2D eigenvalue weighted by Crippen LogP contribution is -2.14. The number of anilines is 1. The van der Waals surface area contributed by atoms with Gasteiger partial charge in [0, 0.05) is 0 Å². The summed E-state index contributed by atoms with van der Waals surface area (Å²) >= 11 is 0. The molecule has 0 saturated heterocycles. The van der Waals surface area contributed by atoms with Crippen LogP contribution in [-0.4, -0.2) is 16.0 Å². The molecule has 1 amide bonds. The Bertz CT molecular complexity index is 1130. The molecule has 0 atom stereocenters. The molecule has 0 spiro atoms. The van der Waals surface area contributed by atoms with Crippen molar-refractivity contribution >= 4 is 11.6 Å². The maximum absolute atomic E-state index is 13.9. The molecule has 0 fully saturated rings. The van der Waals surface area contributed by atoms with Crippen LogP contribution < -0.4 is 10.1 Å². The molecule has 29 heavy (non-hydrogen) atoms. The third kappa shape index (κ3) is 4.30. The highest BCUT2D eigenvalue weighted by molar-refractivity contribution is 6.06. The smallest absolute Gasteiger partial charge is 0.260 e. The highest BCUT2D eigenvalue weighted by Crippen LogP contribution is 2.27. The molecule has 6 nitrogen and oxygen atoms in total. The van der Waals surface area contributed by atoms with Crippen LogP contribution in [0.1, 0.15) is 16.2 Å². The number of para-hydroxylation sites is 2. The van der Waals surface area contributed by atoms with E-state index in [1.165, 1.54) is 18.2 Å². The van der Waals surface area contributed by atoms with Crippen LogP contribution in [0.5, 0.6) is 5.75 Å². The molecule has 0 radical (unpaired) electrons. The number of ether oxygens (including phenoxy) is 1. The first-order valence-corrected chi connectivity index (χ1v) is 8.86. The number of nitrogens with zero attached hydrogens (tertiary/aromatic N) is 2.